The van der Waals surface area contributed by atoms with Crippen LogP contribution in [-0.2, 0) is 14.3 Å². The second kappa shape index (κ2) is 4.97. The van der Waals surface area contributed by atoms with Gasteiger partial charge >= 0.3 is 5.97 Å². The first-order valence-corrected chi connectivity index (χ1v) is 6.19. The number of hydrogen-bond acceptors (Lipinski definition) is 3. The standard InChI is InChI=1S/C12H20O3/c1-2-3-4-5-6-7-8-9-10-11(15-10)12(13)14-9/h9-11H,2-8H2,1H3/t9?,10-,11-/m0/s1. The molecule has 0 saturated carbocycles. The van der Waals surface area contributed by atoms with Crippen LogP contribution in [-0.4, -0.2) is 24.3 Å². The van der Waals surface area contributed by atoms with Crippen molar-refractivity contribution in [1.29, 1.82) is 0 Å². The lowest BCUT2D eigenvalue weighted by Gasteiger charge is -2.10. The van der Waals surface area contributed by atoms with E-state index in [2.05, 4.69) is 6.92 Å². The van der Waals surface area contributed by atoms with E-state index in [1.807, 2.05) is 0 Å². The summed E-state index contributed by atoms with van der Waals surface area (Å²) in [5.74, 6) is -0.143. The summed E-state index contributed by atoms with van der Waals surface area (Å²) in [5, 5.41) is 0. The molecule has 1 unspecified atom stereocenters. The fourth-order valence-corrected chi connectivity index (χ4v) is 2.23. The summed E-state index contributed by atoms with van der Waals surface area (Å²) in [6.07, 6.45) is 8.65. The Balaban J connectivity index is 1.50. The smallest absolute Gasteiger partial charge is 0.338 e. The molecule has 0 aromatic heterocycles. The summed E-state index contributed by atoms with van der Waals surface area (Å²) in [7, 11) is 0. The first-order valence-electron chi connectivity index (χ1n) is 6.19. The Morgan fingerprint density at radius 3 is 2.47 bits per heavy atom. The Hall–Kier alpha value is -0.570. The normalized spacial score (nSPS) is 32.6. The number of ether oxygens (including phenoxy) is 2. The second-order valence-electron chi connectivity index (χ2n) is 4.55. The van der Waals surface area contributed by atoms with Gasteiger partial charge in [-0.15, -0.1) is 0 Å². The largest absolute Gasteiger partial charge is 0.457 e. The second-order valence-corrected chi connectivity index (χ2v) is 4.55. The maximum atomic E-state index is 11.1. The summed E-state index contributed by atoms with van der Waals surface area (Å²) in [6, 6.07) is 0. The highest BCUT2D eigenvalue weighted by atomic mass is 16.7. The molecule has 0 spiro atoms. The lowest BCUT2D eigenvalue weighted by atomic mass is 10.1. The maximum Gasteiger partial charge on any atom is 0.338 e. The third kappa shape index (κ3) is 2.71. The molecule has 0 bridgehead atoms. The predicted octanol–water partition coefficient (Wildman–Crippen LogP) is 2.43. The van der Waals surface area contributed by atoms with Gasteiger partial charge in [-0.3, -0.25) is 0 Å². The quantitative estimate of drug-likeness (QED) is 0.369. The number of rotatable bonds is 7. The van der Waals surface area contributed by atoms with Crippen molar-refractivity contribution < 1.29 is 14.3 Å². The molecule has 2 aliphatic rings. The zero-order valence-electron chi connectivity index (χ0n) is 9.41. The van der Waals surface area contributed by atoms with Crippen molar-refractivity contribution in [2.45, 2.75) is 70.2 Å². The molecule has 2 aliphatic heterocycles. The van der Waals surface area contributed by atoms with Crippen LogP contribution < -0.4 is 0 Å². The van der Waals surface area contributed by atoms with Gasteiger partial charge in [-0.1, -0.05) is 39.0 Å². The zero-order valence-corrected chi connectivity index (χ0v) is 9.41. The van der Waals surface area contributed by atoms with Crippen molar-refractivity contribution >= 4 is 5.97 Å². The molecule has 0 N–H and O–H groups in total. The van der Waals surface area contributed by atoms with E-state index in [9.17, 15) is 4.79 Å². The van der Waals surface area contributed by atoms with Gasteiger partial charge in [0.1, 0.15) is 12.2 Å². The average molecular weight is 212 g/mol. The van der Waals surface area contributed by atoms with E-state index in [1.54, 1.807) is 0 Å². The van der Waals surface area contributed by atoms with Gasteiger partial charge < -0.3 is 9.47 Å². The number of epoxide rings is 1. The summed E-state index contributed by atoms with van der Waals surface area (Å²) in [6.45, 7) is 2.22. The molecule has 3 heteroatoms. The number of cyclic esters (lactones) is 1. The molecule has 3 nitrogen and oxygen atoms in total. The van der Waals surface area contributed by atoms with Crippen molar-refractivity contribution in [1.82, 2.24) is 0 Å². The number of carbonyl (C=O) groups is 1. The average Bonchev–Trinajstić information content (AvgIpc) is 2.96. The fraction of sp³-hybridized carbons (Fsp3) is 0.917. The molecule has 2 saturated heterocycles. The highest BCUT2D eigenvalue weighted by molar-refractivity contribution is 5.81. The van der Waals surface area contributed by atoms with Crippen LogP contribution in [0.3, 0.4) is 0 Å². The zero-order chi connectivity index (χ0) is 10.7. The number of hydrogen-bond donors (Lipinski definition) is 0. The fourth-order valence-electron chi connectivity index (χ4n) is 2.23. The molecule has 15 heavy (non-hydrogen) atoms. The molecule has 0 radical (unpaired) electrons. The lowest BCUT2D eigenvalue weighted by Crippen LogP contribution is -2.15. The van der Waals surface area contributed by atoms with Gasteiger partial charge in [0.15, 0.2) is 6.10 Å². The Morgan fingerprint density at radius 2 is 1.87 bits per heavy atom. The van der Waals surface area contributed by atoms with Crippen molar-refractivity contribution in [3.8, 4) is 0 Å². The number of carbonyl (C=O) groups excluding carboxylic acids is 1. The molecule has 0 aromatic carbocycles. The van der Waals surface area contributed by atoms with E-state index in [-0.39, 0.29) is 24.3 Å². The lowest BCUT2D eigenvalue weighted by molar-refractivity contribution is -0.149. The van der Waals surface area contributed by atoms with E-state index in [1.165, 1.54) is 32.1 Å². The molecule has 3 atom stereocenters. The minimum atomic E-state index is -0.199. The molecule has 0 amide bonds. The molecule has 2 fully saturated rings. The van der Waals surface area contributed by atoms with E-state index in [4.69, 9.17) is 9.47 Å². The minimum absolute atomic E-state index is 0.0636. The number of esters is 1. The van der Waals surface area contributed by atoms with E-state index < -0.39 is 0 Å². The molecular weight excluding hydrogens is 192 g/mol. The molecule has 2 rings (SSSR count). The van der Waals surface area contributed by atoms with Crippen molar-refractivity contribution in [2.24, 2.45) is 0 Å². The Morgan fingerprint density at radius 1 is 1.13 bits per heavy atom. The van der Waals surface area contributed by atoms with Crippen LogP contribution in [0.25, 0.3) is 0 Å². The molecule has 2 heterocycles. The SMILES string of the molecule is CCCCCCCCC1OC(=O)[C@H]2O[C@@H]12. The van der Waals surface area contributed by atoms with Crippen molar-refractivity contribution in [3.63, 3.8) is 0 Å². The van der Waals surface area contributed by atoms with Crippen molar-refractivity contribution in [3.05, 3.63) is 0 Å². The molecular formula is C12H20O3. The van der Waals surface area contributed by atoms with Gasteiger partial charge in [0.2, 0.25) is 0 Å². The van der Waals surface area contributed by atoms with Gasteiger partial charge in [-0.2, -0.15) is 0 Å². The minimum Gasteiger partial charge on any atom is -0.457 e. The van der Waals surface area contributed by atoms with Gasteiger partial charge in [-0.05, 0) is 12.8 Å². The van der Waals surface area contributed by atoms with Crippen LogP contribution in [0.1, 0.15) is 51.9 Å². The van der Waals surface area contributed by atoms with E-state index in [0.717, 1.165) is 12.8 Å². The van der Waals surface area contributed by atoms with Crippen LogP contribution in [0.5, 0.6) is 0 Å². The Labute approximate surface area is 91.1 Å². The number of unbranched alkanes of at least 4 members (excludes halogenated alkanes) is 5. The maximum absolute atomic E-state index is 11.1. The van der Waals surface area contributed by atoms with E-state index >= 15 is 0 Å². The van der Waals surface area contributed by atoms with Crippen LogP contribution >= 0.6 is 0 Å². The van der Waals surface area contributed by atoms with Gasteiger partial charge in [-0.25, -0.2) is 4.79 Å². The Kier molecular flexibility index (Phi) is 3.62. The number of fused-ring (bicyclic) bond motifs is 1. The molecule has 0 aliphatic carbocycles. The van der Waals surface area contributed by atoms with Crippen LogP contribution in [0.2, 0.25) is 0 Å². The highest BCUT2D eigenvalue weighted by Gasteiger charge is 2.58. The molecule has 86 valence electrons. The Bertz CT molecular complexity index is 227. The van der Waals surface area contributed by atoms with Crippen LogP contribution in [0.4, 0.5) is 0 Å². The third-order valence-electron chi connectivity index (χ3n) is 3.23. The van der Waals surface area contributed by atoms with Crippen LogP contribution in [0, 0.1) is 0 Å². The predicted molar refractivity (Wildman–Crippen MR) is 56.5 cm³/mol. The third-order valence-corrected chi connectivity index (χ3v) is 3.23. The van der Waals surface area contributed by atoms with Gasteiger partial charge in [0, 0.05) is 0 Å². The summed E-state index contributed by atoms with van der Waals surface area (Å²) in [4.78, 5) is 11.1. The highest BCUT2D eigenvalue weighted by Crippen LogP contribution is 2.37. The van der Waals surface area contributed by atoms with E-state index in [0.29, 0.717) is 0 Å². The van der Waals surface area contributed by atoms with Gasteiger partial charge in [0.25, 0.3) is 0 Å². The van der Waals surface area contributed by atoms with Crippen LogP contribution in [0.15, 0.2) is 0 Å². The first-order chi connectivity index (χ1) is 7.33. The summed E-state index contributed by atoms with van der Waals surface area (Å²) in [5.41, 5.74) is 0. The first kappa shape index (κ1) is 10.9. The topological polar surface area (TPSA) is 38.8 Å². The summed E-state index contributed by atoms with van der Waals surface area (Å²) >= 11 is 0. The van der Waals surface area contributed by atoms with Crippen molar-refractivity contribution in [2.75, 3.05) is 0 Å². The van der Waals surface area contributed by atoms with Gasteiger partial charge in [0.05, 0.1) is 0 Å². The monoisotopic (exact) mass is 212 g/mol. The summed E-state index contributed by atoms with van der Waals surface area (Å²) < 4.78 is 10.4. The molecule has 0 aromatic rings.